The number of hydrogen-bond donors (Lipinski definition) is 2. The summed E-state index contributed by atoms with van der Waals surface area (Å²) >= 11 is 0. The van der Waals surface area contributed by atoms with Gasteiger partial charge in [-0.05, 0) is 30.3 Å². The Balaban J connectivity index is 1.51. The SMILES string of the molecule is N#Cc1cccc(NC(=O)CN2CCN(c3ccccc3O)CC2)c1. The van der Waals surface area contributed by atoms with Crippen LogP contribution in [0, 0.1) is 11.3 Å². The number of amides is 1. The molecule has 0 aliphatic carbocycles. The van der Waals surface area contributed by atoms with Gasteiger partial charge in [0, 0.05) is 31.9 Å². The summed E-state index contributed by atoms with van der Waals surface area (Å²) in [5, 5.41) is 21.7. The second kappa shape index (κ2) is 7.69. The highest BCUT2D eigenvalue weighted by atomic mass is 16.3. The lowest BCUT2D eigenvalue weighted by Gasteiger charge is -2.35. The maximum absolute atomic E-state index is 12.2. The first-order chi connectivity index (χ1) is 12.2. The number of nitrogens with one attached hydrogen (secondary N) is 1. The van der Waals surface area contributed by atoms with E-state index in [0.717, 1.165) is 31.9 Å². The molecule has 0 spiro atoms. The topological polar surface area (TPSA) is 79.6 Å². The molecular weight excluding hydrogens is 316 g/mol. The van der Waals surface area contributed by atoms with Crippen molar-refractivity contribution in [3.63, 3.8) is 0 Å². The molecule has 1 amide bonds. The maximum Gasteiger partial charge on any atom is 0.238 e. The van der Waals surface area contributed by atoms with Gasteiger partial charge in [-0.2, -0.15) is 5.26 Å². The van der Waals surface area contributed by atoms with E-state index < -0.39 is 0 Å². The van der Waals surface area contributed by atoms with E-state index in [-0.39, 0.29) is 11.7 Å². The molecule has 2 aromatic rings. The van der Waals surface area contributed by atoms with Crippen molar-refractivity contribution in [3.8, 4) is 11.8 Å². The molecule has 0 saturated carbocycles. The molecule has 2 N–H and O–H groups in total. The second-order valence-electron chi connectivity index (χ2n) is 5.99. The lowest BCUT2D eigenvalue weighted by atomic mass is 10.2. The third-order valence-electron chi connectivity index (χ3n) is 4.24. The zero-order valence-electron chi connectivity index (χ0n) is 13.9. The van der Waals surface area contributed by atoms with Crippen LogP contribution in [0.4, 0.5) is 11.4 Å². The van der Waals surface area contributed by atoms with Crippen LogP contribution in [0.2, 0.25) is 0 Å². The van der Waals surface area contributed by atoms with Gasteiger partial charge in [0.2, 0.25) is 5.91 Å². The van der Waals surface area contributed by atoms with Gasteiger partial charge in [-0.3, -0.25) is 9.69 Å². The number of nitriles is 1. The van der Waals surface area contributed by atoms with Crippen LogP contribution >= 0.6 is 0 Å². The summed E-state index contributed by atoms with van der Waals surface area (Å²) in [7, 11) is 0. The van der Waals surface area contributed by atoms with E-state index in [0.29, 0.717) is 17.8 Å². The zero-order chi connectivity index (χ0) is 17.6. The van der Waals surface area contributed by atoms with Crippen molar-refractivity contribution in [2.24, 2.45) is 0 Å². The standard InChI is InChI=1S/C19H20N4O2/c20-13-15-4-3-5-16(12-15)21-19(25)14-22-8-10-23(11-9-22)17-6-1-2-7-18(17)24/h1-7,12,24H,8-11,14H2,(H,21,25). The Bertz CT molecular complexity index is 792. The molecule has 6 heteroatoms. The molecule has 128 valence electrons. The minimum Gasteiger partial charge on any atom is -0.506 e. The highest BCUT2D eigenvalue weighted by Crippen LogP contribution is 2.27. The summed E-state index contributed by atoms with van der Waals surface area (Å²) in [6, 6.07) is 16.2. The Morgan fingerprint density at radius 1 is 1.12 bits per heavy atom. The van der Waals surface area contributed by atoms with Gasteiger partial charge >= 0.3 is 0 Å². The zero-order valence-corrected chi connectivity index (χ0v) is 13.9. The number of rotatable bonds is 4. The van der Waals surface area contributed by atoms with Crippen LogP contribution in [-0.4, -0.2) is 48.6 Å². The fraction of sp³-hybridized carbons (Fsp3) is 0.263. The van der Waals surface area contributed by atoms with Gasteiger partial charge in [0.1, 0.15) is 5.75 Å². The number of benzene rings is 2. The summed E-state index contributed by atoms with van der Waals surface area (Å²) in [5.74, 6) is 0.192. The van der Waals surface area contributed by atoms with Crippen LogP contribution in [0.15, 0.2) is 48.5 Å². The van der Waals surface area contributed by atoms with E-state index >= 15 is 0 Å². The lowest BCUT2D eigenvalue weighted by molar-refractivity contribution is -0.117. The average molecular weight is 336 g/mol. The molecule has 0 radical (unpaired) electrons. The summed E-state index contributed by atoms with van der Waals surface area (Å²) in [4.78, 5) is 16.4. The molecule has 2 aromatic carbocycles. The first-order valence-electron chi connectivity index (χ1n) is 8.21. The Morgan fingerprint density at radius 2 is 1.88 bits per heavy atom. The molecule has 25 heavy (non-hydrogen) atoms. The van der Waals surface area contributed by atoms with Gasteiger partial charge in [0.15, 0.2) is 0 Å². The number of aromatic hydroxyl groups is 1. The van der Waals surface area contributed by atoms with Gasteiger partial charge in [0.05, 0.1) is 23.9 Å². The van der Waals surface area contributed by atoms with Crippen molar-refractivity contribution in [1.29, 1.82) is 5.26 Å². The predicted molar refractivity (Wildman–Crippen MR) is 96.5 cm³/mol. The molecule has 1 aliphatic rings. The molecule has 3 rings (SSSR count). The summed E-state index contributed by atoms with van der Waals surface area (Å²) < 4.78 is 0. The van der Waals surface area contributed by atoms with E-state index in [9.17, 15) is 9.90 Å². The summed E-state index contributed by atoms with van der Waals surface area (Å²) in [5.41, 5.74) is 1.99. The van der Waals surface area contributed by atoms with E-state index in [1.54, 1.807) is 36.4 Å². The first-order valence-corrected chi connectivity index (χ1v) is 8.21. The van der Waals surface area contributed by atoms with Crippen molar-refractivity contribution in [2.75, 3.05) is 42.9 Å². The molecule has 1 fully saturated rings. The van der Waals surface area contributed by atoms with E-state index in [1.807, 2.05) is 12.1 Å². The number of phenolic OH excluding ortho intramolecular Hbond substituents is 1. The molecular formula is C19H20N4O2. The highest BCUT2D eigenvalue weighted by molar-refractivity contribution is 5.92. The Kier molecular flexibility index (Phi) is 5.17. The van der Waals surface area contributed by atoms with Crippen LogP contribution in [0.3, 0.4) is 0 Å². The van der Waals surface area contributed by atoms with Crippen molar-refractivity contribution in [3.05, 3.63) is 54.1 Å². The largest absolute Gasteiger partial charge is 0.506 e. The Labute approximate surface area is 146 Å². The van der Waals surface area contributed by atoms with E-state index in [2.05, 4.69) is 21.2 Å². The third kappa shape index (κ3) is 4.28. The lowest BCUT2D eigenvalue weighted by Crippen LogP contribution is -2.48. The second-order valence-corrected chi connectivity index (χ2v) is 5.99. The van der Waals surface area contributed by atoms with Gasteiger partial charge in [-0.15, -0.1) is 0 Å². The monoisotopic (exact) mass is 336 g/mol. The van der Waals surface area contributed by atoms with Gasteiger partial charge in [-0.1, -0.05) is 18.2 Å². The van der Waals surface area contributed by atoms with Gasteiger partial charge in [-0.25, -0.2) is 0 Å². The minimum absolute atomic E-state index is 0.0916. The highest BCUT2D eigenvalue weighted by Gasteiger charge is 2.20. The molecule has 0 aromatic heterocycles. The fourth-order valence-electron chi connectivity index (χ4n) is 2.95. The number of para-hydroxylation sites is 2. The van der Waals surface area contributed by atoms with Crippen molar-refractivity contribution >= 4 is 17.3 Å². The van der Waals surface area contributed by atoms with Crippen LogP contribution in [0.25, 0.3) is 0 Å². The number of phenols is 1. The first kappa shape index (κ1) is 16.8. The molecule has 0 atom stereocenters. The normalized spacial score (nSPS) is 14.8. The smallest absolute Gasteiger partial charge is 0.238 e. The van der Waals surface area contributed by atoms with Crippen LogP contribution in [0.1, 0.15) is 5.56 Å². The predicted octanol–water partition coefficient (Wildman–Crippen LogP) is 2.02. The number of nitrogens with zero attached hydrogens (tertiary/aromatic N) is 3. The quantitative estimate of drug-likeness (QED) is 0.893. The number of carbonyl (C=O) groups is 1. The van der Waals surface area contributed by atoms with Crippen LogP contribution in [0.5, 0.6) is 5.75 Å². The summed E-state index contributed by atoms with van der Waals surface area (Å²) in [6.45, 7) is 3.33. The molecule has 1 aliphatic heterocycles. The number of carbonyl (C=O) groups excluding carboxylic acids is 1. The Hall–Kier alpha value is -3.04. The average Bonchev–Trinajstić information content (AvgIpc) is 2.63. The summed E-state index contributed by atoms with van der Waals surface area (Å²) in [6.07, 6.45) is 0. The number of hydrogen-bond acceptors (Lipinski definition) is 5. The minimum atomic E-state index is -0.0916. The number of anilines is 2. The molecule has 0 bridgehead atoms. The van der Waals surface area contributed by atoms with Crippen LogP contribution < -0.4 is 10.2 Å². The van der Waals surface area contributed by atoms with Crippen LogP contribution in [-0.2, 0) is 4.79 Å². The number of piperazine rings is 1. The molecule has 6 nitrogen and oxygen atoms in total. The molecule has 0 unspecified atom stereocenters. The van der Waals surface area contributed by atoms with E-state index in [1.165, 1.54) is 0 Å². The Morgan fingerprint density at radius 3 is 2.60 bits per heavy atom. The molecule has 1 heterocycles. The van der Waals surface area contributed by atoms with E-state index in [4.69, 9.17) is 5.26 Å². The maximum atomic E-state index is 12.2. The molecule has 1 saturated heterocycles. The van der Waals surface area contributed by atoms with Crippen molar-refractivity contribution in [1.82, 2.24) is 4.90 Å². The fourth-order valence-corrected chi connectivity index (χ4v) is 2.95. The van der Waals surface area contributed by atoms with Gasteiger partial charge in [0.25, 0.3) is 0 Å². The van der Waals surface area contributed by atoms with Crippen molar-refractivity contribution < 1.29 is 9.90 Å². The third-order valence-corrected chi connectivity index (χ3v) is 4.24. The van der Waals surface area contributed by atoms with Gasteiger partial charge < -0.3 is 15.3 Å². The van der Waals surface area contributed by atoms with Crippen molar-refractivity contribution in [2.45, 2.75) is 0 Å².